The lowest BCUT2D eigenvalue weighted by Crippen LogP contribution is -2.20. The van der Waals surface area contributed by atoms with Gasteiger partial charge in [0.15, 0.2) is 0 Å². The average molecular weight is 249 g/mol. The maximum absolute atomic E-state index is 9.98. The lowest BCUT2D eigenvalue weighted by molar-refractivity contribution is 0.0255. The molecule has 5 nitrogen and oxygen atoms in total. The molecule has 2 unspecified atom stereocenters. The van der Waals surface area contributed by atoms with E-state index < -0.39 is 12.2 Å². The average Bonchev–Trinajstić information content (AvgIpc) is 2.78. The number of hydrogen-bond acceptors (Lipinski definition) is 4. The van der Waals surface area contributed by atoms with E-state index in [-0.39, 0.29) is 6.54 Å². The van der Waals surface area contributed by atoms with Gasteiger partial charge in [-0.2, -0.15) is 0 Å². The third-order valence-corrected chi connectivity index (χ3v) is 3.51. The topological polar surface area (TPSA) is 89.2 Å². The van der Waals surface area contributed by atoms with Gasteiger partial charge in [0.2, 0.25) is 0 Å². The first-order valence-corrected chi connectivity index (χ1v) is 5.95. The van der Waals surface area contributed by atoms with Crippen LogP contribution in [0.1, 0.15) is 11.7 Å². The summed E-state index contributed by atoms with van der Waals surface area (Å²) < 4.78 is 1.05. The second-order valence-electron chi connectivity index (χ2n) is 3.61. The Balaban J connectivity index is 2.29. The number of thiophene rings is 1. The van der Waals surface area contributed by atoms with E-state index in [1.165, 1.54) is 11.3 Å². The SMILES string of the molecule is [N-]=[N+]=NCC(O)C(O)c1csc2ccccc12. The summed E-state index contributed by atoms with van der Waals surface area (Å²) in [6, 6.07) is 7.65. The van der Waals surface area contributed by atoms with Crippen molar-refractivity contribution in [1.82, 2.24) is 0 Å². The van der Waals surface area contributed by atoms with E-state index in [4.69, 9.17) is 5.53 Å². The fraction of sp³-hybridized carbons (Fsp3) is 0.273. The molecule has 0 aliphatic rings. The van der Waals surface area contributed by atoms with E-state index >= 15 is 0 Å². The minimum absolute atomic E-state index is 0.137. The number of benzene rings is 1. The third-order valence-electron chi connectivity index (χ3n) is 2.53. The van der Waals surface area contributed by atoms with Crippen LogP contribution in [0.2, 0.25) is 0 Å². The molecule has 0 aliphatic heterocycles. The van der Waals surface area contributed by atoms with Crippen LogP contribution >= 0.6 is 11.3 Å². The molecular formula is C11H11N3O2S. The monoisotopic (exact) mass is 249 g/mol. The van der Waals surface area contributed by atoms with Crippen molar-refractivity contribution >= 4 is 21.4 Å². The molecule has 0 bridgehead atoms. The molecule has 0 aliphatic carbocycles. The first-order chi connectivity index (χ1) is 8.24. The highest BCUT2D eigenvalue weighted by Gasteiger charge is 2.20. The van der Waals surface area contributed by atoms with E-state index in [1.54, 1.807) is 0 Å². The summed E-state index contributed by atoms with van der Waals surface area (Å²) in [6.45, 7) is -0.137. The molecule has 2 rings (SSSR count). The Kier molecular flexibility index (Phi) is 3.61. The van der Waals surface area contributed by atoms with E-state index in [2.05, 4.69) is 10.0 Å². The molecule has 0 amide bonds. The largest absolute Gasteiger partial charge is 0.390 e. The van der Waals surface area contributed by atoms with Gasteiger partial charge >= 0.3 is 0 Å². The summed E-state index contributed by atoms with van der Waals surface area (Å²) >= 11 is 1.51. The minimum atomic E-state index is -1.08. The second kappa shape index (κ2) is 5.16. The molecule has 0 fully saturated rings. The van der Waals surface area contributed by atoms with Crippen molar-refractivity contribution in [1.29, 1.82) is 0 Å². The number of aliphatic hydroxyl groups excluding tert-OH is 2. The molecule has 17 heavy (non-hydrogen) atoms. The smallest absolute Gasteiger partial charge is 0.106 e. The van der Waals surface area contributed by atoms with Crippen molar-refractivity contribution in [3.05, 3.63) is 45.7 Å². The van der Waals surface area contributed by atoms with Crippen molar-refractivity contribution < 1.29 is 10.2 Å². The number of fused-ring (bicyclic) bond motifs is 1. The predicted octanol–water partition coefficient (Wildman–Crippen LogP) is 2.61. The van der Waals surface area contributed by atoms with Crippen molar-refractivity contribution in [2.45, 2.75) is 12.2 Å². The van der Waals surface area contributed by atoms with Gasteiger partial charge < -0.3 is 10.2 Å². The molecule has 1 heterocycles. The first kappa shape index (κ1) is 11.9. The van der Waals surface area contributed by atoms with Crippen molar-refractivity contribution in [3.8, 4) is 0 Å². The Bertz CT molecular complexity index is 563. The molecule has 2 atom stereocenters. The molecule has 6 heteroatoms. The number of hydrogen-bond donors (Lipinski definition) is 2. The second-order valence-corrected chi connectivity index (χ2v) is 4.52. The van der Waals surface area contributed by atoms with Crippen LogP contribution in [0, 0.1) is 0 Å². The number of aliphatic hydroxyl groups is 2. The molecule has 0 saturated heterocycles. The third kappa shape index (κ3) is 2.40. The highest BCUT2D eigenvalue weighted by Crippen LogP contribution is 2.31. The zero-order chi connectivity index (χ0) is 12.3. The van der Waals surface area contributed by atoms with Gasteiger partial charge in [-0.15, -0.1) is 11.3 Å². The number of nitrogens with zero attached hydrogens (tertiary/aromatic N) is 3. The van der Waals surface area contributed by atoms with Gasteiger partial charge in [0, 0.05) is 15.2 Å². The molecular weight excluding hydrogens is 238 g/mol. The quantitative estimate of drug-likeness (QED) is 0.495. The summed E-state index contributed by atoms with van der Waals surface area (Å²) in [6.07, 6.45) is -2.11. The summed E-state index contributed by atoms with van der Waals surface area (Å²) in [7, 11) is 0. The predicted molar refractivity (Wildman–Crippen MR) is 66.8 cm³/mol. The van der Waals surface area contributed by atoms with Crippen LogP contribution in [0.4, 0.5) is 0 Å². The zero-order valence-corrected chi connectivity index (χ0v) is 9.71. The summed E-state index contributed by atoms with van der Waals surface area (Å²) in [5, 5.41) is 25.6. The van der Waals surface area contributed by atoms with E-state index in [0.29, 0.717) is 5.56 Å². The highest BCUT2D eigenvalue weighted by molar-refractivity contribution is 7.17. The molecule has 0 saturated carbocycles. The van der Waals surface area contributed by atoms with Gasteiger partial charge in [-0.3, -0.25) is 0 Å². The first-order valence-electron chi connectivity index (χ1n) is 5.07. The zero-order valence-electron chi connectivity index (χ0n) is 8.89. The fourth-order valence-corrected chi connectivity index (χ4v) is 2.64. The summed E-state index contributed by atoms with van der Waals surface area (Å²) in [5.41, 5.74) is 8.84. The van der Waals surface area contributed by atoms with Crippen LogP contribution in [0.3, 0.4) is 0 Å². The van der Waals surface area contributed by atoms with E-state index in [0.717, 1.165) is 10.1 Å². The van der Waals surface area contributed by atoms with Crippen LogP contribution in [0.15, 0.2) is 34.8 Å². The van der Waals surface area contributed by atoms with Gasteiger partial charge in [-0.25, -0.2) is 0 Å². The molecule has 0 spiro atoms. The maximum atomic E-state index is 9.98. The standard InChI is InChI=1S/C11H11N3O2S/c12-14-13-5-9(15)11(16)8-6-17-10-4-2-1-3-7(8)10/h1-4,6,9,11,15-16H,5H2. The van der Waals surface area contributed by atoms with Crippen LogP contribution in [-0.4, -0.2) is 22.9 Å². The van der Waals surface area contributed by atoms with Gasteiger partial charge in [0.05, 0.1) is 12.6 Å². The van der Waals surface area contributed by atoms with Crippen LogP contribution in [0.25, 0.3) is 20.5 Å². The summed E-state index contributed by atoms with van der Waals surface area (Å²) in [4.78, 5) is 2.56. The Hall–Kier alpha value is -1.59. The lowest BCUT2D eigenvalue weighted by atomic mass is 10.0. The van der Waals surface area contributed by atoms with Gasteiger partial charge in [0.1, 0.15) is 6.10 Å². The van der Waals surface area contributed by atoms with Gasteiger partial charge in [0.25, 0.3) is 0 Å². The highest BCUT2D eigenvalue weighted by atomic mass is 32.1. The van der Waals surface area contributed by atoms with Crippen molar-refractivity contribution in [2.75, 3.05) is 6.54 Å². The van der Waals surface area contributed by atoms with Crippen molar-refractivity contribution in [3.63, 3.8) is 0 Å². The van der Waals surface area contributed by atoms with Crippen LogP contribution in [0.5, 0.6) is 0 Å². The molecule has 2 aromatic rings. The van der Waals surface area contributed by atoms with Crippen LogP contribution in [-0.2, 0) is 0 Å². The molecule has 1 aromatic carbocycles. The molecule has 2 N–H and O–H groups in total. The molecule has 0 radical (unpaired) electrons. The fourth-order valence-electron chi connectivity index (χ4n) is 1.65. The van der Waals surface area contributed by atoms with Crippen molar-refractivity contribution in [2.24, 2.45) is 5.11 Å². The van der Waals surface area contributed by atoms with Gasteiger partial charge in [-0.1, -0.05) is 23.3 Å². The molecule has 1 aromatic heterocycles. The van der Waals surface area contributed by atoms with Crippen LogP contribution < -0.4 is 0 Å². The van der Waals surface area contributed by atoms with E-state index in [9.17, 15) is 10.2 Å². The Morgan fingerprint density at radius 3 is 2.88 bits per heavy atom. The normalized spacial score (nSPS) is 14.2. The van der Waals surface area contributed by atoms with Gasteiger partial charge in [-0.05, 0) is 22.4 Å². The number of rotatable bonds is 4. The lowest BCUT2D eigenvalue weighted by Gasteiger charge is -2.15. The summed E-state index contributed by atoms with van der Waals surface area (Å²) in [5.74, 6) is 0. The maximum Gasteiger partial charge on any atom is 0.106 e. The minimum Gasteiger partial charge on any atom is -0.390 e. The Labute approximate surface area is 102 Å². The number of azide groups is 1. The Morgan fingerprint density at radius 2 is 2.12 bits per heavy atom. The Morgan fingerprint density at radius 1 is 1.35 bits per heavy atom. The van der Waals surface area contributed by atoms with E-state index in [1.807, 2.05) is 29.6 Å². The molecule has 88 valence electrons.